The van der Waals surface area contributed by atoms with Crippen molar-refractivity contribution in [3.05, 3.63) is 35.2 Å². The van der Waals surface area contributed by atoms with Crippen molar-refractivity contribution < 1.29 is 4.79 Å². The summed E-state index contributed by atoms with van der Waals surface area (Å²) in [7, 11) is 11.4. The minimum atomic E-state index is 0.0335. The van der Waals surface area contributed by atoms with E-state index in [1.807, 2.05) is 56.2 Å². The number of rotatable bonds is 3. The van der Waals surface area contributed by atoms with E-state index in [9.17, 15) is 4.79 Å². The van der Waals surface area contributed by atoms with Crippen LogP contribution in [0.15, 0.2) is 35.2 Å². The third-order valence-corrected chi connectivity index (χ3v) is 2.54. The number of carbonyl (C=O) groups is 1. The van der Waals surface area contributed by atoms with Gasteiger partial charge >= 0.3 is 0 Å². The fraction of sp³-hybridized carbons (Fsp3) is 0.462. The molecule has 0 aliphatic heterocycles. The molecule has 0 unspecified atom stereocenters. The maximum Gasteiger partial charge on any atom is 0.254 e. The molecule has 17 heavy (non-hydrogen) atoms. The van der Waals surface area contributed by atoms with E-state index in [0.29, 0.717) is 0 Å². The van der Waals surface area contributed by atoms with Crippen LogP contribution in [0.3, 0.4) is 0 Å². The Balaban J connectivity index is 3.21. The van der Waals surface area contributed by atoms with Crippen LogP contribution in [-0.2, 0) is 4.79 Å². The van der Waals surface area contributed by atoms with Crippen LogP contribution in [0.25, 0.3) is 0 Å². The van der Waals surface area contributed by atoms with Crippen molar-refractivity contribution >= 4 is 5.91 Å². The highest BCUT2D eigenvalue weighted by Gasteiger charge is 2.22. The first-order valence-electron chi connectivity index (χ1n) is 5.55. The Bertz CT molecular complexity index is 391. The molecule has 0 aromatic heterocycles. The van der Waals surface area contributed by atoms with Crippen molar-refractivity contribution in [1.82, 2.24) is 14.7 Å². The molecule has 0 N–H and O–H groups in total. The average Bonchev–Trinajstić information content (AvgIpc) is 2.64. The molecule has 0 radical (unpaired) electrons. The predicted molar refractivity (Wildman–Crippen MR) is 70.3 cm³/mol. The van der Waals surface area contributed by atoms with Crippen molar-refractivity contribution in [1.29, 1.82) is 0 Å². The Hall–Kier alpha value is -1.71. The fourth-order valence-corrected chi connectivity index (χ4v) is 1.92. The molecular weight excluding hydrogens is 214 g/mol. The van der Waals surface area contributed by atoms with E-state index in [4.69, 9.17) is 0 Å². The molecule has 0 saturated carbocycles. The molecule has 0 aromatic carbocycles. The molecule has 1 aliphatic carbocycles. The van der Waals surface area contributed by atoms with Crippen LogP contribution in [0.5, 0.6) is 0 Å². The molecule has 1 aliphatic rings. The lowest BCUT2D eigenvalue weighted by Crippen LogP contribution is -2.29. The zero-order chi connectivity index (χ0) is 13.2. The number of carbonyl (C=O) groups excluding carboxylic acids is 1. The molecule has 0 aromatic rings. The zero-order valence-electron chi connectivity index (χ0n) is 11.5. The number of amides is 1. The van der Waals surface area contributed by atoms with E-state index in [0.717, 1.165) is 17.0 Å². The number of hydrogen-bond donors (Lipinski definition) is 0. The summed E-state index contributed by atoms with van der Waals surface area (Å²) in [6, 6.07) is 0. The Kier molecular flexibility index (Phi) is 3.99. The van der Waals surface area contributed by atoms with Crippen LogP contribution in [0.2, 0.25) is 0 Å². The molecule has 1 rings (SSSR count). The van der Waals surface area contributed by atoms with E-state index in [1.165, 1.54) is 0 Å². The van der Waals surface area contributed by atoms with Crippen LogP contribution in [-0.4, -0.2) is 62.9 Å². The van der Waals surface area contributed by atoms with Gasteiger partial charge in [-0.15, -0.1) is 0 Å². The molecule has 0 fully saturated rings. The van der Waals surface area contributed by atoms with Crippen LogP contribution in [0, 0.1) is 0 Å². The van der Waals surface area contributed by atoms with Gasteiger partial charge in [0.2, 0.25) is 0 Å². The maximum atomic E-state index is 12.1. The van der Waals surface area contributed by atoms with Gasteiger partial charge in [-0.2, -0.15) is 0 Å². The van der Waals surface area contributed by atoms with E-state index >= 15 is 0 Å². The van der Waals surface area contributed by atoms with Crippen LogP contribution in [0.1, 0.15) is 0 Å². The Labute approximate surface area is 103 Å². The fourth-order valence-electron chi connectivity index (χ4n) is 1.92. The lowest BCUT2D eigenvalue weighted by atomic mass is 10.1. The van der Waals surface area contributed by atoms with Gasteiger partial charge in [0.25, 0.3) is 5.91 Å². The van der Waals surface area contributed by atoms with Gasteiger partial charge in [-0.1, -0.05) is 12.2 Å². The van der Waals surface area contributed by atoms with Gasteiger partial charge in [-0.25, -0.2) is 0 Å². The summed E-state index contributed by atoms with van der Waals surface area (Å²) in [5.74, 6) is 1.06. The Morgan fingerprint density at radius 2 is 1.47 bits per heavy atom. The van der Waals surface area contributed by atoms with E-state index < -0.39 is 0 Å². The van der Waals surface area contributed by atoms with Gasteiger partial charge in [0, 0.05) is 47.9 Å². The summed E-state index contributed by atoms with van der Waals surface area (Å²) < 4.78 is 0. The minimum absolute atomic E-state index is 0.0335. The van der Waals surface area contributed by atoms with Gasteiger partial charge in [0.15, 0.2) is 0 Å². The van der Waals surface area contributed by atoms with Crippen molar-refractivity contribution in [2.45, 2.75) is 0 Å². The molecule has 0 saturated heterocycles. The van der Waals surface area contributed by atoms with Gasteiger partial charge in [0.05, 0.1) is 5.57 Å². The minimum Gasteiger partial charge on any atom is -0.364 e. The molecule has 94 valence electrons. The Morgan fingerprint density at radius 3 is 1.88 bits per heavy atom. The molecule has 0 spiro atoms. The second-order valence-electron chi connectivity index (χ2n) is 4.67. The SMILES string of the molecule is CN(C)C(=O)C1=CC=CC1=C(N(C)C)N(C)C. The van der Waals surface area contributed by atoms with E-state index in [1.54, 1.807) is 19.0 Å². The topological polar surface area (TPSA) is 26.8 Å². The average molecular weight is 235 g/mol. The van der Waals surface area contributed by atoms with Crippen LogP contribution < -0.4 is 0 Å². The van der Waals surface area contributed by atoms with E-state index in [2.05, 4.69) is 0 Å². The third kappa shape index (κ3) is 2.70. The van der Waals surface area contributed by atoms with Crippen molar-refractivity contribution in [2.24, 2.45) is 0 Å². The standard InChI is InChI=1S/C13H21N3O/c1-14(2)12(15(3)4)10-8-7-9-11(10)13(17)16(5)6/h7-9H,1-6H3. The summed E-state index contributed by atoms with van der Waals surface area (Å²) >= 11 is 0. The van der Waals surface area contributed by atoms with Crippen molar-refractivity contribution in [3.63, 3.8) is 0 Å². The largest absolute Gasteiger partial charge is 0.364 e. The second-order valence-corrected chi connectivity index (χ2v) is 4.67. The van der Waals surface area contributed by atoms with E-state index in [-0.39, 0.29) is 5.91 Å². The summed E-state index contributed by atoms with van der Waals surface area (Å²) in [5.41, 5.74) is 1.71. The van der Waals surface area contributed by atoms with Gasteiger partial charge in [-0.05, 0) is 6.08 Å². The third-order valence-electron chi connectivity index (χ3n) is 2.54. The monoisotopic (exact) mass is 235 g/mol. The van der Waals surface area contributed by atoms with Crippen molar-refractivity contribution in [2.75, 3.05) is 42.3 Å². The lowest BCUT2D eigenvalue weighted by Gasteiger charge is -2.27. The molecular formula is C13H21N3O. The number of likely N-dealkylation sites (N-methyl/N-ethyl adjacent to an activating group) is 1. The number of allylic oxidation sites excluding steroid dienone is 3. The highest BCUT2D eigenvalue weighted by molar-refractivity contribution is 6.00. The maximum absolute atomic E-state index is 12.1. The second kappa shape index (κ2) is 5.08. The molecule has 1 amide bonds. The van der Waals surface area contributed by atoms with Gasteiger partial charge in [-0.3, -0.25) is 4.79 Å². The quantitative estimate of drug-likeness (QED) is 0.727. The van der Waals surface area contributed by atoms with Crippen LogP contribution in [0.4, 0.5) is 0 Å². The Morgan fingerprint density at radius 1 is 0.941 bits per heavy atom. The molecule has 0 atom stereocenters. The van der Waals surface area contributed by atoms with Gasteiger partial charge < -0.3 is 14.7 Å². The zero-order valence-corrected chi connectivity index (χ0v) is 11.5. The summed E-state index contributed by atoms with van der Waals surface area (Å²) in [6.45, 7) is 0. The smallest absolute Gasteiger partial charge is 0.254 e. The summed E-state index contributed by atoms with van der Waals surface area (Å²) in [4.78, 5) is 17.7. The molecule has 0 heterocycles. The number of nitrogens with zero attached hydrogens (tertiary/aromatic N) is 3. The highest BCUT2D eigenvalue weighted by atomic mass is 16.2. The van der Waals surface area contributed by atoms with Crippen molar-refractivity contribution in [3.8, 4) is 0 Å². The lowest BCUT2D eigenvalue weighted by molar-refractivity contribution is -0.124. The van der Waals surface area contributed by atoms with Crippen LogP contribution >= 0.6 is 0 Å². The van der Waals surface area contributed by atoms with Gasteiger partial charge in [0.1, 0.15) is 5.82 Å². The predicted octanol–water partition coefficient (Wildman–Crippen LogP) is 0.906. The first-order chi connectivity index (χ1) is 7.86. The summed E-state index contributed by atoms with van der Waals surface area (Å²) in [6.07, 6.45) is 5.76. The molecule has 4 heteroatoms. The first kappa shape index (κ1) is 13.4. The normalized spacial score (nSPS) is 13.5. The number of hydrogen-bond acceptors (Lipinski definition) is 3. The molecule has 0 bridgehead atoms. The molecule has 4 nitrogen and oxygen atoms in total. The summed E-state index contributed by atoms with van der Waals surface area (Å²) in [5, 5.41) is 0. The highest BCUT2D eigenvalue weighted by Crippen LogP contribution is 2.25. The first-order valence-corrected chi connectivity index (χ1v) is 5.55.